The molecule has 0 spiro atoms. The van der Waals surface area contributed by atoms with Gasteiger partial charge in [-0.05, 0) is 61.1 Å². The summed E-state index contributed by atoms with van der Waals surface area (Å²) < 4.78 is 16.0. The molecule has 1 aromatic rings. The zero-order valence-corrected chi connectivity index (χ0v) is 19.4. The molecular weight excluding hydrogens is 421 g/mol. The first kappa shape index (κ1) is 22.5. The molecule has 3 amide bonds. The van der Waals surface area contributed by atoms with Gasteiger partial charge in [0.15, 0.2) is 0 Å². The van der Waals surface area contributed by atoms with Crippen LogP contribution in [-0.4, -0.2) is 53.2 Å². The molecule has 1 saturated carbocycles. The second kappa shape index (κ2) is 8.82. The maximum Gasteiger partial charge on any atom is 0.255 e. The predicted octanol–water partition coefficient (Wildman–Crippen LogP) is 3.53. The minimum atomic E-state index is -1.38. The van der Waals surface area contributed by atoms with Crippen LogP contribution in [-0.2, 0) is 21.8 Å². The number of carbonyl (C=O) groups is 3. The lowest BCUT2D eigenvalue weighted by atomic mass is 9.81. The third kappa shape index (κ3) is 4.44. The summed E-state index contributed by atoms with van der Waals surface area (Å²) in [5.74, 6) is 0.660. The van der Waals surface area contributed by atoms with E-state index in [0.29, 0.717) is 30.4 Å². The van der Waals surface area contributed by atoms with Gasteiger partial charge in [-0.25, -0.2) is 4.39 Å². The van der Waals surface area contributed by atoms with Gasteiger partial charge in [0, 0.05) is 38.2 Å². The van der Waals surface area contributed by atoms with Gasteiger partial charge in [-0.2, -0.15) is 0 Å². The average molecular weight is 456 g/mol. The van der Waals surface area contributed by atoms with Crippen LogP contribution < -0.4 is 5.32 Å². The van der Waals surface area contributed by atoms with Crippen LogP contribution in [0.3, 0.4) is 0 Å². The number of hydrogen-bond acceptors (Lipinski definition) is 4. The van der Waals surface area contributed by atoms with Gasteiger partial charge in [0.05, 0.1) is 0 Å². The first-order chi connectivity index (χ1) is 15.8. The molecule has 1 atom stereocenters. The fourth-order valence-electron chi connectivity index (χ4n) is 6.11. The van der Waals surface area contributed by atoms with Gasteiger partial charge in [-0.1, -0.05) is 31.9 Å². The molecule has 3 fully saturated rings. The van der Waals surface area contributed by atoms with Gasteiger partial charge in [0.25, 0.3) is 5.91 Å². The number of fused-ring (bicyclic) bond motifs is 1. The minimum Gasteiger partial charge on any atom is -0.322 e. The first-order valence-corrected chi connectivity index (χ1v) is 12.5. The quantitative estimate of drug-likeness (QED) is 0.705. The highest BCUT2D eigenvalue weighted by Crippen LogP contribution is 2.40. The lowest BCUT2D eigenvalue weighted by Gasteiger charge is -2.39. The first-order valence-electron chi connectivity index (χ1n) is 12.5. The van der Waals surface area contributed by atoms with Crippen molar-refractivity contribution in [1.29, 1.82) is 0 Å². The lowest BCUT2D eigenvalue weighted by Crippen LogP contribution is -2.52. The van der Waals surface area contributed by atoms with Gasteiger partial charge in [0.2, 0.25) is 11.8 Å². The maximum absolute atomic E-state index is 16.0. The Balaban J connectivity index is 1.23. The van der Waals surface area contributed by atoms with E-state index in [4.69, 9.17) is 0 Å². The SMILES string of the molecule is CC1CCC(CN2CCC(F)(c3ccc4c(c3)CN(C3CCC(=O)NC3=O)C4=O)CC2)CC1. The van der Waals surface area contributed by atoms with Crippen molar-refractivity contribution in [3.05, 3.63) is 34.9 Å². The van der Waals surface area contributed by atoms with Crippen molar-refractivity contribution in [1.82, 2.24) is 15.1 Å². The summed E-state index contributed by atoms with van der Waals surface area (Å²) >= 11 is 0. The Morgan fingerprint density at radius 1 is 1.06 bits per heavy atom. The van der Waals surface area contributed by atoms with Crippen molar-refractivity contribution in [2.45, 2.75) is 76.5 Å². The number of carbonyl (C=O) groups excluding carboxylic acids is 3. The van der Waals surface area contributed by atoms with E-state index in [1.165, 1.54) is 30.6 Å². The number of nitrogens with zero attached hydrogens (tertiary/aromatic N) is 2. The second-order valence-electron chi connectivity index (χ2n) is 10.7. The molecule has 3 heterocycles. The van der Waals surface area contributed by atoms with Crippen LogP contribution in [0.4, 0.5) is 4.39 Å². The molecule has 2 saturated heterocycles. The molecule has 178 valence electrons. The summed E-state index contributed by atoms with van der Waals surface area (Å²) in [4.78, 5) is 40.6. The highest BCUT2D eigenvalue weighted by molar-refractivity contribution is 6.05. The molecule has 4 aliphatic rings. The molecule has 6 nitrogen and oxygen atoms in total. The summed E-state index contributed by atoms with van der Waals surface area (Å²) in [6, 6.07) is 4.66. The minimum absolute atomic E-state index is 0.212. The maximum atomic E-state index is 16.0. The Hall–Kier alpha value is -2.28. The topological polar surface area (TPSA) is 69.7 Å². The molecular formula is C26H34FN3O3. The summed E-state index contributed by atoms with van der Waals surface area (Å²) in [5, 5.41) is 2.32. The number of likely N-dealkylation sites (tertiary alicyclic amines) is 1. The van der Waals surface area contributed by atoms with Crippen molar-refractivity contribution < 1.29 is 18.8 Å². The molecule has 1 unspecified atom stereocenters. The molecule has 1 aliphatic carbocycles. The monoisotopic (exact) mass is 455 g/mol. The van der Waals surface area contributed by atoms with Gasteiger partial charge >= 0.3 is 0 Å². The predicted molar refractivity (Wildman–Crippen MR) is 122 cm³/mol. The van der Waals surface area contributed by atoms with Crippen LogP contribution in [0.25, 0.3) is 0 Å². The number of piperidine rings is 2. The van der Waals surface area contributed by atoms with Crippen LogP contribution in [0.2, 0.25) is 0 Å². The Morgan fingerprint density at radius 2 is 1.79 bits per heavy atom. The summed E-state index contributed by atoms with van der Waals surface area (Å²) in [5.41, 5.74) is 0.580. The van der Waals surface area contributed by atoms with E-state index >= 15 is 4.39 Å². The van der Waals surface area contributed by atoms with E-state index in [0.717, 1.165) is 37.0 Å². The van der Waals surface area contributed by atoms with Crippen molar-refractivity contribution >= 4 is 17.7 Å². The Bertz CT molecular complexity index is 948. The smallest absolute Gasteiger partial charge is 0.255 e. The van der Waals surface area contributed by atoms with Crippen molar-refractivity contribution in [3.63, 3.8) is 0 Å². The zero-order valence-electron chi connectivity index (χ0n) is 19.4. The van der Waals surface area contributed by atoms with E-state index in [-0.39, 0.29) is 24.8 Å². The third-order valence-electron chi connectivity index (χ3n) is 8.34. The van der Waals surface area contributed by atoms with E-state index in [1.807, 2.05) is 6.07 Å². The molecule has 7 heteroatoms. The molecule has 1 aromatic carbocycles. The standard InChI is InChI=1S/C26H34FN3O3/c1-17-2-4-18(5-3-17)15-29-12-10-26(27,11-13-29)20-6-7-21-19(14-20)16-30(25(21)33)22-8-9-23(31)28-24(22)32/h6-7,14,17-18,22H,2-5,8-13,15-16H2,1H3,(H,28,31,32). The number of benzene rings is 1. The van der Waals surface area contributed by atoms with Crippen molar-refractivity contribution in [3.8, 4) is 0 Å². The number of hydrogen-bond donors (Lipinski definition) is 1. The number of nitrogens with one attached hydrogen (secondary N) is 1. The number of halogens is 1. The average Bonchev–Trinajstić information content (AvgIpc) is 3.13. The van der Waals surface area contributed by atoms with Gasteiger partial charge in [0.1, 0.15) is 11.7 Å². The zero-order chi connectivity index (χ0) is 23.2. The fraction of sp³-hybridized carbons (Fsp3) is 0.654. The number of amides is 3. The Morgan fingerprint density at radius 3 is 2.48 bits per heavy atom. The largest absolute Gasteiger partial charge is 0.322 e. The van der Waals surface area contributed by atoms with Gasteiger partial charge < -0.3 is 9.80 Å². The van der Waals surface area contributed by atoms with Crippen LogP contribution >= 0.6 is 0 Å². The van der Waals surface area contributed by atoms with E-state index in [2.05, 4.69) is 17.1 Å². The molecule has 33 heavy (non-hydrogen) atoms. The fourth-order valence-corrected chi connectivity index (χ4v) is 6.11. The van der Waals surface area contributed by atoms with E-state index in [1.54, 1.807) is 12.1 Å². The van der Waals surface area contributed by atoms with Gasteiger partial charge in [-0.3, -0.25) is 19.7 Å². The second-order valence-corrected chi connectivity index (χ2v) is 10.7. The Kier molecular flexibility index (Phi) is 6.02. The van der Waals surface area contributed by atoms with E-state index < -0.39 is 17.6 Å². The Labute approximate surface area is 194 Å². The number of rotatable bonds is 4. The third-order valence-corrected chi connectivity index (χ3v) is 8.34. The lowest BCUT2D eigenvalue weighted by molar-refractivity contribution is -0.136. The van der Waals surface area contributed by atoms with Crippen molar-refractivity contribution in [2.24, 2.45) is 11.8 Å². The van der Waals surface area contributed by atoms with Crippen LogP contribution in [0.5, 0.6) is 0 Å². The molecule has 0 radical (unpaired) electrons. The van der Waals surface area contributed by atoms with E-state index in [9.17, 15) is 14.4 Å². The molecule has 0 bridgehead atoms. The number of alkyl halides is 1. The van der Waals surface area contributed by atoms with Crippen LogP contribution in [0, 0.1) is 11.8 Å². The van der Waals surface area contributed by atoms with Crippen molar-refractivity contribution in [2.75, 3.05) is 19.6 Å². The molecule has 1 N–H and O–H groups in total. The van der Waals surface area contributed by atoms with Gasteiger partial charge in [-0.15, -0.1) is 0 Å². The highest BCUT2D eigenvalue weighted by Gasteiger charge is 2.41. The summed E-state index contributed by atoms with van der Waals surface area (Å²) in [6.07, 6.45) is 6.72. The molecule has 5 rings (SSSR count). The highest BCUT2D eigenvalue weighted by atomic mass is 19.1. The summed E-state index contributed by atoms with van der Waals surface area (Å²) in [6.45, 7) is 5.24. The molecule has 0 aromatic heterocycles. The van der Waals surface area contributed by atoms with Crippen LogP contribution in [0.15, 0.2) is 18.2 Å². The number of imide groups is 1. The normalized spacial score (nSPS) is 30.3. The van der Waals surface area contributed by atoms with Crippen LogP contribution in [0.1, 0.15) is 79.8 Å². The molecule has 3 aliphatic heterocycles. The summed E-state index contributed by atoms with van der Waals surface area (Å²) in [7, 11) is 0.